The topological polar surface area (TPSA) is 97.7 Å². The molecule has 2 aliphatic rings. The third-order valence-electron chi connectivity index (χ3n) is 6.66. The summed E-state index contributed by atoms with van der Waals surface area (Å²) in [6.45, 7) is -0.248. The van der Waals surface area contributed by atoms with Gasteiger partial charge in [0.25, 0.3) is 0 Å². The van der Waals surface area contributed by atoms with Crippen molar-refractivity contribution >= 4 is 63.5 Å². The Morgan fingerprint density at radius 3 is 2.44 bits per heavy atom. The molecule has 198 valence electrons. The predicted molar refractivity (Wildman–Crippen MR) is 148 cm³/mol. The molecule has 3 amide bonds. The number of nitrogens with one attached hydrogen (secondary N) is 1. The molecule has 3 atom stereocenters. The number of anilines is 2. The van der Waals surface area contributed by atoms with E-state index < -0.39 is 40.6 Å². The van der Waals surface area contributed by atoms with Crippen LogP contribution in [0.4, 0.5) is 15.8 Å². The maximum atomic E-state index is 13.7. The van der Waals surface area contributed by atoms with Crippen LogP contribution in [-0.4, -0.2) is 34.6 Å². The van der Waals surface area contributed by atoms with Gasteiger partial charge in [-0.1, -0.05) is 29.2 Å². The molecule has 2 aromatic heterocycles. The second kappa shape index (κ2) is 10.1. The molecule has 4 heterocycles. The van der Waals surface area contributed by atoms with Crippen LogP contribution in [0.25, 0.3) is 0 Å². The molecule has 39 heavy (non-hydrogen) atoms. The van der Waals surface area contributed by atoms with E-state index in [-0.39, 0.29) is 11.4 Å². The first-order valence-electron chi connectivity index (χ1n) is 11.9. The summed E-state index contributed by atoms with van der Waals surface area (Å²) >= 11 is 3.57. The number of methoxy groups -OCH3 is 1. The molecular weight excluding hydrogens is 562 g/mol. The second-order valence-electron chi connectivity index (χ2n) is 8.95. The van der Waals surface area contributed by atoms with Gasteiger partial charge in [-0.2, -0.15) is 0 Å². The van der Waals surface area contributed by atoms with Gasteiger partial charge in [0.1, 0.15) is 23.4 Å². The van der Waals surface area contributed by atoms with E-state index in [0.29, 0.717) is 27.0 Å². The highest BCUT2D eigenvalue weighted by molar-refractivity contribution is 8.00. The smallest absolute Gasteiger partial charge is 0.308 e. The number of thioether (sulfide) groups is 1. The van der Waals surface area contributed by atoms with Gasteiger partial charge in [-0.05, 0) is 60.0 Å². The first-order chi connectivity index (χ1) is 18.9. The van der Waals surface area contributed by atoms with Gasteiger partial charge in [0, 0.05) is 21.4 Å². The minimum Gasteiger partial charge on any atom is -0.497 e. The lowest BCUT2D eigenvalue weighted by atomic mass is 9.87. The van der Waals surface area contributed by atoms with Gasteiger partial charge in [-0.3, -0.25) is 23.7 Å². The molecule has 1 N–H and O–H groups in total. The average molecular weight is 582 g/mol. The molecule has 6 rings (SSSR count). The first kappa shape index (κ1) is 25.5. The lowest BCUT2D eigenvalue weighted by Gasteiger charge is -2.29. The normalized spacial score (nSPS) is 20.1. The van der Waals surface area contributed by atoms with E-state index in [4.69, 9.17) is 4.74 Å². The number of fused-ring (bicyclic) bond motifs is 2. The fourth-order valence-corrected chi connectivity index (χ4v) is 8.61. The molecule has 1 fully saturated rings. The quantitative estimate of drug-likeness (QED) is 0.336. The summed E-state index contributed by atoms with van der Waals surface area (Å²) in [4.78, 5) is 55.7. The van der Waals surface area contributed by atoms with Crippen LogP contribution in [0.1, 0.15) is 15.7 Å². The first-order valence-corrected chi connectivity index (χ1v) is 14.4. The van der Waals surface area contributed by atoms with Gasteiger partial charge in [-0.15, -0.1) is 11.3 Å². The molecule has 0 bridgehead atoms. The fourth-order valence-electron chi connectivity index (χ4n) is 4.89. The number of amides is 3. The van der Waals surface area contributed by atoms with Crippen molar-refractivity contribution in [1.29, 1.82) is 0 Å². The zero-order chi connectivity index (χ0) is 27.3. The lowest BCUT2D eigenvalue weighted by molar-refractivity contribution is -0.122. The minimum atomic E-state index is -0.799. The van der Waals surface area contributed by atoms with Crippen molar-refractivity contribution in [2.24, 2.45) is 5.92 Å². The van der Waals surface area contributed by atoms with Crippen molar-refractivity contribution in [2.45, 2.75) is 22.7 Å². The molecule has 4 aromatic rings. The number of carbonyl (C=O) groups is 3. The van der Waals surface area contributed by atoms with Crippen LogP contribution in [0.15, 0.2) is 75.9 Å². The highest BCUT2D eigenvalue weighted by Crippen LogP contribution is 2.54. The van der Waals surface area contributed by atoms with Crippen molar-refractivity contribution in [2.75, 3.05) is 17.3 Å². The minimum absolute atomic E-state index is 0.248. The molecule has 2 aromatic carbocycles. The van der Waals surface area contributed by atoms with Gasteiger partial charge in [0.2, 0.25) is 17.7 Å². The third-order valence-corrected chi connectivity index (χ3v) is 10.2. The fraction of sp³-hybridized carbons (Fsp3) is 0.185. The molecule has 0 spiro atoms. The molecule has 0 saturated carbocycles. The lowest BCUT2D eigenvalue weighted by Crippen LogP contribution is -2.32. The number of imide groups is 1. The Hall–Kier alpha value is -3.74. The van der Waals surface area contributed by atoms with Gasteiger partial charge in [0.05, 0.1) is 23.7 Å². The van der Waals surface area contributed by atoms with Gasteiger partial charge >= 0.3 is 4.87 Å². The highest BCUT2D eigenvalue weighted by atomic mass is 32.2. The number of ether oxygens (including phenoxy) is 1. The Morgan fingerprint density at radius 2 is 1.77 bits per heavy atom. The van der Waals surface area contributed by atoms with Gasteiger partial charge < -0.3 is 10.1 Å². The van der Waals surface area contributed by atoms with Crippen molar-refractivity contribution in [1.82, 2.24) is 4.57 Å². The summed E-state index contributed by atoms with van der Waals surface area (Å²) in [5.74, 6) is -2.30. The van der Waals surface area contributed by atoms with Crippen LogP contribution < -0.4 is 19.8 Å². The number of carbonyl (C=O) groups excluding carboxylic acids is 3. The maximum Gasteiger partial charge on any atom is 0.308 e. The Morgan fingerprint density at radius 1 is 1.03 bits per heavy atom. The summed E-state index contributed by atoms with van der Waals surface area (Å²) < 4.78 is 20.1. The number of halogens is 1. The summed E-state index contributed by atoms with van der Waals surface area (Å²) in [6.07, 6.45) is 0. The van der Waals surface area contributed by atoms with E-state index in [1.165, 1.54) is 40.2 Å². The summed E-state index contributed by atoms with van der Waals surface area (Å²) in [7, 11) is 1.55. The Bertz CT molecular complexity index is 1630. The number of thiophene rings is 1. The molecule has 0 unspecified atom stereocenters. The van der Waals surface area contributed by atoms with E-state index in [9.17, 15) is 23.6 Å². The van der Waals surface area contributed by atoms with E-state index in [0.717, 1.165) is 32.9 Å². The van der Waals surface area contributed by atoms with Crippen LogP contribution in [0.3, 0.4) is 0 Å². The predicted octanol–water partition coefficient (Wildman–Crippen LogP) is 4.55. The number of nitrogens with zero attached hydrogens (tertiary/aromatic N) is 2. The Labute approximate surface area is 234 Å². The van der Waals surface area contributed by atoms with E-state index in [2.05, 4.69) is 5.32 Å². The van der Waals surface area contributed by atoms with Crippen LogP contribution in [0.5, 0.6) is 5.75 Å². The second-order valence-corrected chi connectivity index (χ2v) is 12.0. The van der Waals surface area contributed by atoms with Crippen LogP contribution >= 0.6 is 34.4 Å². The monoisotopic (exact) mass is 581 g/mol. The van der Waals surface area contributed by atoms with E-state index >= 15 is 0 Å². The molecule has 12 heteroatoms. The number of hydrogen-bond donors (Lipinski definition) is 1. The molecule has 8 nitrogen and oxygen atoms in total. The Balaban J connectivity index is 1.35. The summed E-state index contributed by atoms with van der Waals surface area (Å²) in [5.41, 5.74) is 0.847. The number of thiazole rings is 1. The van der Waals surface area contributed by atoms with Crippen molar-refractivity contribution in [3.05, 3.63) is 91.3 Å². The number of benzene rings is 2. The average Bonchev–Trinajstić information content (AvgIpc) is 3.63. The van der Waals surface area contributed by atoms with E-state index in [1.807, 2.05) is 17.5 Å². The maximum absolute atomic E-state index is 13.7. The highest BCUT2D eigenvalue weighted by Gasteiger charge is 2.57. The van der Waals surface area contributed by atoms with Gasteiger partial charge in [0.15, 0.2) is 0 Å². The van der Waals surface area contributed by atoms with Gasteiger partial charge in [-0.25, -0.2) is 9.29 Å². The number of rotatable bonds is 6. The van der Waals surface area contributed by atoms with Crippen molar-refractivity contribution in [3.8, 4) is 5.75 Å². The van der Waals surface area contributed by atoms with Crippen LogP contribution in [0, 0.1) is 11.7 Å². The summed E-state index contributed by atoms with van der Waals surface area (Å²) in [6, 6.07) is 15.8. The number of hydrogen-bond acceptors (Lipinski definition) is 8. The van der Waals surface area contributed by atoms with Crippen molar-refractivity contribution < 1.29 is 23.5 Å². The van der Waals surface area contributed by atoms with E-state index in [1.54, 1.807) is 31.4 Å². The molecular formula is C27H20FN3O5S3. The molecule has 0 radical (unpaired) electrons. The number of aromatic nitrogens is 1. The molecule has 2 aliphatic heterocycles. The zero-order valence-corrected chi connectivity index (χ0v) is 22.8. The SMILES string of the molecule is COc1ccc(NC(=O)Cn2c3c(sc2=O)[C@@H](c2cccs2)[C@@H]2C(=O)N(c4ccc(F)cc4)C(=O)[C@@H]2S3)cc1. The van der Waals surface area contributed by atoms with Crippen LogP contribution in [-0.2, 0) is 20.9 Å². The largest absolute Gasteiger partial charge is 0.497 e. The third kappa shape index (κ3) is 4.48. The zero-order valence-electron chi connectivity index (χ0n) is 20.3. The molecule has 1 saturated heterocycles. The molecule has 0 aliphatic carbocycles. The van der Waals surface area contributed by atoms with Crippen LogP contribution in [0.2, 0.25) is 0 Å². The van der Waals surface area contributed by atoms with Crippen molar-refractivity contribution in [3.63, 3.8) is 0 Å². The summed E-state index contributed by atoms with van der Waals surface area (Å²) in [5, 5.41) is 4.38. The standard InChI is InChI=1S/C27H20FN3O5S3/c1-36-17-10-6-15(7-11-17)29-19(32)13-30-26-23(39-27(30)35)20(18-3-2-12-37-18)21-22(38-26)25(34)31(24(21)33)16-8-4-14(28)5-9-16/h2-12,20-22H,13H2,1H3,(H,29,32)/t20-,21-,22+/m0/s1. The Kier molecular flexibility index (Phi) is 6.61.